The molecule has 1 aromatic carbocycles. The highest BCUT2D eigenvalue weighted by molar-refractivity contribution is 5.55. The van der Waals surface area contributed by atoms with Crippen LogP contribution in [0.25, 0.3) is 11.4 Å². The van der Waals surface area contributed by atoms with Gasteiger partial charge in [-0.2, -0.15) is 0 Å². The first-order chi connectivity index (χ1) is 8.21. The van der Waals surface area contributed by atoms with E-state index < -0.39 is 5.60 Å². The van der Waals surface area contributed by atoms with Gasteiger partial charge in [-0.15, -0.1) is 0 Å². The van der Waals surface area contributed by atoms with Crippen LogP contribution in [-0.2, 0) is 0 Å². The Labute approximate surface area is 101 Å². The van der Waals surface area contributed by atoms with Gasteiger partial charge in [0.2, 0.25) is 0 Å². The van der Waals surface area contributed by atoms with Crippen LogP contribution in [0, 0.1) is 0 Å². The molecule has 1 atom stereocenters. The Morgan fingerprint density at radius 1 is 1.29 bits per heavy atom. The first-order valence-corrected chi connectivity index (χ1v) is 6.01. The van der Waals surface area contributed by atoms with E-state index in [1.54, 1.807) is 6.20 Å². The molecule has 0 bridgehead atoms. The van der Waals surface area contributed by atoms with E-state index in [0.717, 1.165) is 24.2 Å². The highest BCUT2D eigenvalue weighted by Crippen LogP contribution is 2.45. The molecular weight excluding hydrogens is 212 g/mol. The van der Waals surface area contributed by atoms with E-state index >= 15 is 0 Å². The van der Waals surface area contributed by atoms with Gasteiger partial charge >= 0.3 is 0 Å². The fraction of sp³-hybridized carbons (Fsp3) is 0.357. The second kappa shape index (κ2) is 3.70. The van der Waals surface area contributed by atoms with Crippen LogP contribution in [0.1, 0.15) is 25.8 Å². The lowest BCUT2D eigenvalue weighted by Gasteiger charge is -2.21. The summed E-state index contributed by atoms with van der Waals surface area (Å²) in [6.45, 7) is 2.06. The Balaban J connectivity index is 2.00. The van der Waals surface area contributed by atoms with E-state index in [9.17, 15) is 5.11 Å². The van der Waals surface area contributed by atoms with Gasteiger partial charge in [0.05, 0.1) is 11.6 Å². The summed E-state index contributed by atoms with van der Waals surface area (Å²) in [6, 6.07) is 10.2. The maximum atomic E-state index is 10.2. The van der Waals surface area contributed by atoms with Gasteiger partial charge in [-0.1, -0.05) is 30.3 Å². The Kier molecular flexibility index (Phi) is 2.30. The molecule has 0 amide bonds. The fourth-order valence-electron chi connectivity index (χ4n) is 2.24. The molecule has 1 aliphatic carbocycles. The van der Waals surface area contributed by atoms with Crippen molar-refractivity contribution in [2.45, 2.75) is 31.4 Å². The van der Waals surface area contributed by atoms with Gasteiger partial charge in [0.1, 0.15) is 5.82 Å². The van der Waals surface area contributed by atoms with Gasteiger partial charge in [-0.05, 0) is 19.8 Å². The van der Waals surface area contributed by atoms with E-state index in [4.69, 9.17) is 0 Å². The molecule has 3 nitrogen and oxygen atoms in total. The molecule has 3 heteroatoms. The van der Waals surface area contributed by atoms with E-state index in [2.05, 4.69) is 16.5 Å². The smallest absolute Gasteiger partial charge is 0.140 e. The molecule has 0 spiro atoms. The second-order valence-corrected chi connectivity index (χ2v) is 4.80. The Morgan fingerprint density at radius 3 is 2.65 bits per heavy atom. The molecule has 1 fully saturated rings. The predicted molar refractivity (Wildman–Crippen MR) is 66.6 cm³/mol. The summed E-state index contributed by atoms with van der Waals surface area (Å²) in [7, 11) is 0. The summed E-state index contributed by atoms with van der Waals surface area (Å²) in [5, 5.41) is 10.2. The zero-order valence-corrected chi connectivity index (χ0v) is 9.87. The number of benzene rings is 1. The Hall–Kier alpha value is -1.61. The van der Waals surface area contributed by atoms with Crippen molar-refractivity contribution < 1.29 is 5.11 Å². The van der Waals surface area contributed by atoms with Crippen molar-refractivity contribution in [3.8, 4) is 11.4 Å². The number of nitrogens with zero attached hydrogens (tertiary/aromatic N) is 2. The van der Waals surface area contributed by atoms with Gasteiger partial charge in [0, 0.05) is 18.0 Å². The molecule has 1 saturated carbocycles. The first kappa shape index (κ1) is 10.5. The summed E-state index contributed by atoms with van der Waals surface area (Å²) in [6.07, 6.45) is 5.52. The molecule has 0 radical (unpaired) electrons. The highest BCUT2D eigenvalue weighted by Gasteiger charge is 2.46. The second-order valence-electron chi connectivity index (χ2n) is 4.80. The number of aromatic nitrogens is 2. The summed E-state index contributed by atoms with van der Waals surface area (Å²) in [4.78, 5) is 4.40. The minimum atomic E-state index is -0.524. The molecule has 0 aliphatic heterocycles. The minimum absolute atomic E-state index is 0.0835. The number of rotatable bonds is 3. The molecule has 1 N–H and O–H groups in total. The predicted octanol–water partition coefficient (Wildman–Crippen LogP) is 2.64. The van der Waals surface area contributed by atoms with Crippen molar-refractivity contribution >= 4 is 0 Å². The molecule has 17 heavy (non-hydrogen) atoms. The average molecular weight is 228 g/mol. The van der Waals surface area contributed by atoms with Crippen molar-refractivity contribution in [1.29, 1.82) is 0 Å². The topological polar surface area (TPSA) is 38.0 Å². The average Bonchev–Trinajstić information content (AvgIpc) is 2.95. The molecule has 2 aromatic rings. The number of hydrogen-bond acceptors (Lipinski definition) is 2. The lowest BCUT2D eigenvalue weighted by molar-refractivity contribution is 0.0962. The van der Waals surface area contributed by atoms with E-state index in [1.807, 2.05) is 36.5 Å². The highest BCUT2D eigenvalue weighted by atomic mass is 16.3. The fourth-order valence-corrected chi connectivity index (χ4v) is 2.24. The van der Waals surface area contributed by atoms with Crippen LogP contribution < -0.4 is 0 Å². The van der Waals surface area contributed by atoms with Crippen molar-refractivity contribution in [1.82, 2.24) is 9.55 Å². The van der Waals surface area contributed by atoms with E-state index in [-0.39, 0.29) is 6.04 Å². The van der Waals surface area contributed by atoms with Gasteiger partial charge in [0.15, 0.2) is 0 Å². The van der Waals surface area contributed by atoms with Crippen LogP contribution in [0.15, 0.2) is 42.7 Å². The third kappa shape index (κ3) is 1.76. The molecule has 3 rings (SSSR count). The van der Waals surface area contributed by atoms with Crippen LogP contribution in [0.3, 0.4) is 0 Å². The molecule has 1 unspecified atom stereocenters. The third-order valence-corrected chi connectivity index (χ3v) is 3.66. The van der Waals surface area contributed by atoms with Crippen LogP contribution >= 0.6 is 0 Å². The SMILES string of the molecule is CC(n1ccnc1-c1ccccc1)C1(O)CC1. The standard InChI is InChI=1S/C14H16N2O/c1-11(14(17)7-8-14)16-10-9-15-13(16)12-5-3-2-4-6-12/h2-6,9-11,17H,7-8H2,1H3. The van der Waals surface area contributed by atoms with Gasteiger partial charge in [-0.3, -0.25) is 0 Å². The molecular formula is C14H16N2O. The summed E-state index contributed by atoms with van der Waals surface area (Å²) in [5.74, 6) is 0.929. The summed E-state index contributed by atoms with van der Waals surface area (Å²) >= 11 is 0. The largest absolute Gasteiger partial charge is 0.388 e. The van der Waals surface area contributed by atoms with Gasteiger partial charge < -0.3 is 9.67 Å². The quantitative estimate of drug-likeness (QED) is 0.877. The monoisotopic (exact) mass is 228 g/mol. The van der Waals surface area contributed by atoms with Gasteiger partial charge in [0.25, 0.3) is 0 Å². The maximum Gasteiger partial charge on any atom is 0.140 e. The lowest BCUT2D eigenvalue weighted by Crippen LogP contribution is -2.23. The van der Waals surface area contributed by atoms with Crippen molar-refractivity contribution in [2.75, 3.05) is 0 Å². The summed E-state index contributed by atoms with van der Waals surface area (Å²) in [5.41, 5.74) is 0.568. The Morgan fingerprint density at radius 2 is 2.00 bits per heavy atom. The van der Waals surface area contributed by atoms with Crippen LogP contribution in [0.5, 0.6) is 0 Å². The minimum Gasteiger partial charge on any atom is -0.388 e. The zero-order valence-electron chi connectivity index (χ0n) is 9.87. The van der Waals surface area contributed by atoms with E-state index in [0.29, 0.717) is 0 Å². The molecule has 0 saturated heterocycles. The Bertz CT molecular complexity index is 514. The van der Waals surface area contributed by atoms with Crippen LogP contribution in [0.4, 0.5) is 0 Å². The third-order valence-electron chi connectivity index (χ3n) is 3.66. The van der Waals surface area contributed by atoms with Crippen molar-refractivity contribution in [3.63, 3.8) is 0 Å². The molecule has 1 aromatic heterocycles. The van der Waals surface area contributed by atoms with Gasteiger partial charge in [-0.25, -0.2) is 4.98 Å². The normalized spacial score (nSPS) is 18.9. The summed E-state index contributed by atoms with van der Waals surface area (Å²) < 4.78 is 2.07. The molecule has 1 aliphatic rings. The van der Waals surface area contributed by atoms with E-state index in [1.165, 1.54) is 0 Å². The zero-order chi connectivity index (χ0) is 11.9. The number of aliphatic hydroxyl groups is 1. The molecule has 1 heterocycles. The first-order valence-electron chi connectivity index (χ1n) is 6.01. The van der Waals surface area contributed by atoms with Crippen molar-refractivity contribution in [2.24, 2.45) is 0 Å². The van der Waals surface area contributed by atoms with Crippen LogP contribution in [-0.4, -0.2) is 20.3 Å². The maximum absolute atomic E-state index is 10.2. The van der Waals surface area contributed by atoms with Crippen LogP contribution in [0.2, 0.25) is 0 Å². The lowest BCUT2D eigenvalue weighted by atomic mass is 10.1. The molecule has 88 valence electrons. The van der Waals surface area contributed by atoms with Crippen molar-refractivity contribution in [3.05, 3.63) is 42.7 Å². The number of imidazole rings is 1. The number of hydrogen-bond donors (Lipinski definition) is 1.